The van der Waals surface area contributed by atoms with E-state index in [1.165, 1.54) is 109 Å². The molecule has 33 heavy (non-hydrogen) atoms. The van der Waals surface area contributed by atoms with Gasteiger partial charge in [-0.3, -0.25) is 0 Å². The number of rotatable bonds is 24. The molecule has 4 heteroatoms. The smallest absolute Gasteiger partial charge is 0.333 e. The maximum absolute atomic E-state index is 12.0. The number of unbranched alkanes of at least 4 members (excludes halogenated alkanes) is 18. The average molecular weight is 467 g/mol. The molecule has 0 unspecified atom stereocenters. The van der Waals surface area contributed by atoms with Crippen molar-refractivity contribution in [3.63, 3.8) is 0 Å². The zero-order valence-corrected chi connectivity index (χ0v) is 22.3. The minimum Gasteiger partial charge on any atom is -0.463 e. The highest BCUT2D eigenvalue weighted by Gasteiger charge is 2.09. The van der Waals surface area contributed by atoms with Crippen molar-refractivity contribution in [1.29, 1.82) is 0 Å². The van der Waals surface area contributed by atoms with Crippen LogP contribution >= 0.6 is 0 Å². The van der Waals surface area contributed by atoms with Gasteiger partial charge >= 0.3 is 11.9 Å². The molecule has 0 bridgehead atoms. The number of hydrogen-bond donors (Lipinski definition) is 0. The normalized spacial score (nSPS) is 11.5. The minimum atomic E-state index is -0.445. The summed E-state index contributed by atoms with van der Waals surface area (Å²) < 4.78 is 10.5. The van der Waals surface area contributed by atoms with Gasteiger partial charge in [0.2, 0.25) is 0 Å². The van der Waals surface area contributed by atoms with Gasteiger partial charge in [-0.15, -0.1) is 0 Å². The van der Waals surface area contributed by atoms with Gasteiger partial charge in [0.05, 0.1) is 13.2 Å². The number of ether oxygens (including phenoxy) is 2. The lowest BCUT2D eigenvalue weighted by atomic mass is 10.1. The molecule has 0 radical (unpaired) electrons. The Bertz CT molecular complexity index is 484. The van der Waals surface area contributed by atoms with Gasteiger partial charge in [-0.05, 0) is 19.8 Å². The second-order valence-corrected chi connectivity index (χ2v) is 9.49. The van der Waals surface area contributed by atoms with Crippen molar-refractivity contribution in [2.75, 3.05) is 13.2 Å². The van der Waals surface area contributed by atoms with Crippen LogP contribution in [-0.4, -0.2) is 25.2 Å². The van der Waals surface area contributed by atoms with E-state index in [0.29, 0.717) is 18.8 Å². The van der Waals surface area contributed by atoms with Crippen LogP contribution in [0.1, 0.15) is 149 Å². The fourth-order valence-corrected chi connectivity index (χ4v) is 3.91. The first-order chi connectivity index (χ1) is 16.1. The molecule has 0 saturated carbocycles. The van der Waals surface area contributed by atoms with Crippen LogP contribution in [0.5, 0.6) is 0 Å². The van der Waals surface area contributed by atoms with E-state index in [1.54, 1.807) is 6.92 Å². The molecule has 194 valence electrons. The maximum atomic E-state index is 12.0. The third-order valence-electron chi connectivity index (χ3n) is 6.13. The molecule has 0 fully saturated rings. The van der Waals surface area contributed by atoms with Gasteiger partial charge in [0, 0.05) is 11.6 Å². The maximum Gasteiger partial charge on any atom is 0.333 e. The summed E-state index contributed by atoms with van der Waals surface area (Å²) in [7, 11) is 0. The number of carbonyl (C=O) groups excluding carboxylic acids is 2. The molecule has 0 amide bonds. The van der Waals surface area contributed by atoms with E-state index in [2.05, 4.69) is 13.8 Å². The van der Waals surface area contributed by atoms with Crippen LogP contribution in [0.4, 0.5) is 0 Å². The highest BCUT2D eigenvalue weighted by atomic mass is 16.5. The van der Waals surface area contributed by atoms with Gasteiger partial charge < -0.3 is 9.47 Å². The third kappa shape index (κ3) is 23.6. The summed E-state index contributed by atoms with van der Waals surface area (Å²) in [5.74, 6) is -0.860. The lowest BCUT2D eigenvalue weighted by molar-refractivity contribution is -0.141. The SMILES string of the molecule is CCCCCCCCCCCCOC(=O)/C=C(/C)C(=O)OCCCCCCCCCCCC. The number of carbonyl (C=O) groups is 2. The summed E-state index contributed by atoms with van der Waals surface area (Å²) in [6.07, 6.45) is 26.2. The molecule has 0 aromatic carbocycles. The molecule has 0 spiro atoms. The quantitative estimate of drug-likeness (QED) is 0.0809. The van der Waals surface area contributed by atoms with Gasteiger partial charge in [-0.2, -0.15) is 0 Å². The van der Waals surface area contributed by atoms with E-state index in [1.807, 2.05) is 0 Å². The van der Waals surface area contributed by atoms with Crippen molar-refractivity contribution in [2.24, 2.45) is 0 Å². The molecule has 0 atom stereocenters. The number of hydrogen-bond acceptors (Lipinski definition) is 4. The topological polar surface area (TPSA) is 52.6 Å². The van der Waals surface area contributed by atoms with Crippen LogP contribution in [0, 0.1) is 0 Å². The first-order valence-corrected chi connectivity index (χ1v) is 14.1. The van der Waals surface area contributed by atoms with Crippen molar-refractivity contribution < 1.29 is 19.1 Å². The second kappa shape index (κ2) is 25.3. The highest BCUT2D eigenvalue weighted by Crippen LogP contribution is 2.12. The summed E-state index contributed by atoms with van der Waals surface area (Å²) in [6.45, 7) is 6.95. The van der Waals surface area contributed by atoms with E-state index in [-0.39, 0.29) is 0 Å². The van der Waals surface area contributed by atoms with Crippen molar-refractivity contribution in [2.45, 2.75) is 149 Å². The molecule has 0 N–H and O–H groups in total. The Morgan fingerprint density at radius 1 is 0.515 bits per heavy atom. The van der Waals surface area contributed by atoms with Crippen LogP contribution in [0.2, 0.25) is 0 Å². The second-order valence-electron chi connectivity index (χ2n) is 9.49. The predicted octanol–water partition coefficient (Wildman–Crippen LogP) is 8.86. The molecular formula is C29H54O4. The van der Waals surface area contributed by atoms with E-state index in [4.69, 9.17) is 9.47 Å². The van der Waals surface area contributed by atoms with Crippen LogP contribution in [0.25, 0.3) is 0 Å². The highest BCUT2D eigenvalue weighted by molar-refractivity contribution is 5.95. The zero-order chi connectivity index (χ0) is 24.4. The Morgan fingerprint density at radius 3 is 1.24 bits per heavy atom. The van der Waals surface area contributed by atoms with Gasteiger partial charge in [0.1, 0.15) is 0 Å². The minimum absolute atomic E-state index is 0.315. The van der Waals surface area contributed by atoms with Crippen molar-refractivity contribution in [3.05, 3.63) is 11.6 Å². The van der Waals surface area contributed by atoms with Crippen LogP contribution in [0.15, 0.2) is 11.6 Å². The average Bonchev–Trinajstić information content (AvgIpc) is 2.80. The largest absolute Gasteiger partial charge is 0.463 e. The van der Waals surface area contributed by atoms with E-state index in [9.17, 15) is 9.59 Å². The van der Waals surface area contributed by atoms with Gasteiger partial charge in [-0.1, -0.05) is 129 Å². The van der Waals surface area contributed by atoms with E-state index < -0.39 is 11.9 Å². The van der Waals surface area contributed by atoms with Crippen molar-refractivity contribution in [3.8, 4) is 0 Å². The Hall–Kier alpha value is -1.32. The van der Waals surface area contributed by atoms with E-state index in [0.717, 1.165) is 25.7 Å². The molecule has 0 aromatic heterocycles. The van der Waals surface area contributed by atoms with Gasteiger partial charge in [0.15, 0.2) is 0 Å². The predicted molar refractivity (Wildman–Crippen MR) is 139 cm³/mol. The first kappa shape index (κ1) is 31.7. The zero-order valence-electron chi connectivity index (χ0n) is 22.3. The summed E-state index contributed by atoms with van der Waals surface area (Å²) in [5.41, 5.74) is 0.315. The molecule has 0 aliphatic heterocycles. The van der Waals surface area contributed by atoms with Crippen molar-refractivity contribution in [1.82, 2.24) is 0 Å². The summed E-state index contributed by atoms with van der Waals surface area (Å²) in [6, 6.07) is 0. The monoisotopic (exact) mass is 466 g/mol. The van der Waals surface area contributed by atoms with Gasteiger partial charge in [-0.25, -0.2) is 9.59 Å². The first-order valence-electron chi connectivity index (χ1n) is 14.1. The Labute approximate surface area is 205 Å². The molecule has 0 rings (SSSR count). The lowest BCUT2D eigenvalue weighted by Crippen LogP contribution is -2.10. The molecule has 0 saturated heterocycles. The summed E-state index contributed by atoms with van der Waals surface area (Å²) in [4.78, 5) is 23.9. The Morgan fingerprint density at radius 2 is 0.848 bits per heavy atom. The van der Waals surface area contributed by atoms with Crippen LogP contribution < -0.4 is 0 Å². The summed E-state index contributed by atoms with van der Waals surface area (Å²) >= 11 is 0. The Balaban J connectivity index is 3.56. The summed E-state index contributed by atoms with van der Waals surface area (Å²) in [5, 5.41) is 0. The Kier molecular flexibility index (Phi) is 24.3. The fraction of sp³-hybridized carbons (Fsp3) is 0.862. The van der Waals surface area contributed by atoms with Crippen molar-refractivity contribution >= 4 is 11.9 Å². The van der Waals surface area contributed by atoms with Crippen LogP contribution in [0.3, 0.4) is 0 Å². The molecule has 0 aromatic rings. The molecule has 4 nitrogen and oxygen atoms in total. The molecular weight excluding hydrogens is 412 g/mol. The molecule has 0 aliphatic rings. The standard InChI is InChI=1S/C29H54O4/c1-4-6-8-10-12-14-16-18-20-22-24-32-28(30)26-27(3)29(31)33-25-23-21-19-17-15-13-11-9-7-5-2/h26H,4-25H2,1-3H3/b27-26-. The molecule has 0 aliphatic carbocycles. The third-order valence-corrected chi connectivity index (χ3v) is 6.13. The number of esters is 2. The van der Waals surface area contributed by atoms with Gasteiger partial charge in [0.25, 0.3) is 0 Å². The molecule has 0 heterocycles. The van der Waals surface area contributed by atoms with E-state index >= 15 is 0 Å². The fourth-order valence-electron chi connectivity index (χ4n) is 3.91. The van der Waals surface area contributed by atoms with Crippen LogP contribution in [-0.2, 0) is 19.1 Å². The lowest BCUT2D eigenvalue weighted by Gasteiger charge is -2.06.